The molecule has 1 saturated heterocycles. The first-order chi connectivity index (χ1) is 8.25. The molecule has 1 aromatic rings. The summed E-state index contributed by atoms with van der Waals surface area (Å²) in [7, 11) is 0. The molecule has 1 aliphatic heterocycles. The number of carbonyl (C=O) groups is 1. The summed E-state index contributed by atoms with van der Waals surface area (Å²) >= 11 is 0. The van der Waals surface area contributed by atoms with Crippen molar-refractivity contribution in [2.45, 2.75) is 12.8 Å². The molecule has 2 rings (SSSR count). The van der Waals surface area contributed by atoms with Crippen molar-refractivity contribution in [3.05, 3.63) is 34.4 Å². The molecule has 0 aliphatic carbocycles. The number of hydrogen-bond donors (Lipinski definition) is 2. The monoisotopic (exact) mass is 236 g/mol. The molecule has 1 amide bonds. The van der Waals surface area contributed by atoms with E-state index >= 15 is 0 Å². The van der Waals surface area contributed by atoms with Crippen LogP contribution in [0.4, 0.5) is 0 Å². The predicted octanol–water partition coefficient (Wildman–Crippen LogP) is 0.369. The molecular formula is C12H16N2O3. The van der Waals surface area contributed by atoms with Gasteiger partial charge in [-0.2, -0.15) is 0 Å². The SMILES string of the molecule is O=C(NCC1CCCNC1)c1ccc(=O)oc1. The van der Waals surface area contributed by atoms with E-state index in [0.717, 1.165) is 25.9 Å². The van der Waals surface area contributed by atoms with Gasteiger partial charge in [0, 0.05) is 12.6 Å². The molecule has 0 radical (unpaired) electrons. The van der Waals surface area contributed by atoms with Crippen LogP contribution in [0.1, 0.15) is 23.2 Å². The maximum Gasteiger partial charge on any atom is 0.335 e. The molecule has 2 heterocycles. The van der Waals surface area contributed by atoms with Crippen molar-refractivity contribution in [3.63, 3.8) is 0 Å². The maximum absolute atomic E-state index is 11.7. The molecule has 0 bridgehead atoms. The van der Waals surface area contributed by atoms with Gasteiger partial charge in [-0.05, 0) is 37.9 Å². The van der Waals surface area contributed by atoms with Gasteiger partial charge in [0.1, 0.15) is 6.26 Å². The van der Waals surface area contributed by atoms with E-state index in [4.69, 9.17) is 0 Å². The zero-order chi connectivity index (χ0) is 12.1. The quantitative estimate of drug-likeness (QED) is 0.795. The first-order valence-electron chi connectivity index (χ1n) is 5.83. The minimum Gasteiger partial charge on any atom is -0.430 e. The Hall–Kier alpha value is -1.62. The lowest BCUT2D eigenvalue weighted by atomic mass is 10.00. The summed E-state index contributed by atoms with van der Waals surface area (Å²) in [6, 6.07) is 2.72. The van der Waals surface area contributed by atoms with Crippen LogP contribution in [0.3, 0.4) is 0 Å². The normalized spacial score (nSPS) is 19.9. The van der Waals surface area contributed by atoms with Gasteiger partial charge in [-0.1, -0.05) is 0 Å². The van der Waals surface area contributed by atoms with Crippen LogP contribution in [0.15, 0.2) is 27.6 Å². The molecule has 0 saturated carbocycles. The van der Waals surface area contributed by atoms with Crippen LogP contribution in [-0.2, 0) is 0 Å². The molecule has 1 atom stereocenters. The van der Waals surface area contributed by atoms with E-state index in [1.54, 1.807) is 0 Å². The van der Waals surface area contributed by atoms with Gasteiger partial charge in [-0.25, -0.2) is 4.79 Å². The van der Waals surface area contributed by atoms with E-state index in [2.05, 4.69) is 15.1 Å². The van der Waals surface area contributed by atoms with Gasteiger partial charge in [-0.3, -0.25) is 4.79 Å². The molecule has 2 N–H and O–H groups in total. The summed E-state index contributed by atoms with van der Waals surface area (Å²) in [6.07, 6.45) is 3.48. The number of rotatable bonds is 3. The summed E-state index contributed by atoms with van der Waals surface area (Å²) in [5.41, 5.74) is -0.0635. The van der Waals surface area contributed by atoms with Gasteiger partial charge in [0.05, 0.1) is 5.56 Å². The van der Waals surface area contributed by atoms with Gasteiger partial charge in [0.2, 0.25) is 0 Å². The van der Waals surface area contributed by atoms with Crippen LogP contribution in [-0.4, -0.2) is 25.5 Å². The first kappa shape index (κ1) is 11.9. The molecule has 92 valence electrons. The van der Waals surface area contributed by atoms with E-state index < -0.39 is 5.63 Å². The lowest BCUT2D eigenvalue weighted by Crippen LogP contribution is -2.38. The second-order valence-corrected chi connectivity index (χ2v) is 4.27. The lowest BCUT2D eigenvalue weighted by Gasteiger charge is -2.22. The second kappa shape index (κ2) is 5.63. The lowest BCUT2D eigenvalue weighted by molar-refractivity contribution is 0.0942. The molecule has 17 heavy (non-hydrogen) atoms. The Morgan fingerprint density at radius 3 is 3.06 bits per heavy atom. The Morgan fingerprint density at radius 2 is 2.41 bits per heavy atom. The van der Waals surface area contributed by atoms with Crippen molar-refractivity contribution < 1.29 is 9.21 Å². The highest BCUT2D eigenvalue weighted by Gasteiger charge is 2.14. The summed E-state index contributed by atoms with van der Waals surface area (Å²) in [6.45, 7) is 2.67. The Balaban J connectivity index is 1.84. The standard InChI is InChI=1S/C12H16N2O3/c15-11-4-3-10(8-17-11)12(16)14-7-9-2-1-5-13-6-9/h3-4,8-9,13H,1-2,5-7H2,(H,14,16). The molecule has 0 aromatic carbocycles. The van der Waals surface area contributed by atoms with Crippen molar-refractivity contribution in [1.29, 1.82) is 0 Å². The molecule has 1 unspecified atom stereocenters. The number of hydrogen-bond acceptors (Lipinski definition) is 4. The fourth-order valence-corrected chi connectivity index (χ4v) is 1.92. The topological polar surface area (TPSA) is 71.3 Å². The molecule has 1 fully saturated rings. The summed E-state index contributed by atoms with van der Waals surface area (Å²) < 4.78 is 4.64. The zero-order valence-corrected chi connectivity index (χ0v) is 9.57. The van der Waals surface area contributed by atoms with Crippen LogP contribution < -0.4 is 16.3 Å². The minimum absolute atomic E-state index is 0.195. The largest absolute Gasteiger partial charge is 0.430 e. The van der Waals surface area contributed by atoms with Crippen LogP contribution >= 0.6 is 0 Å². The molecular weight excluding hydrogens is 220 g/mol. The summed E-state index contributed by atoms with van der Waals surface area (Å²) in [4.78, 5) is 22.4. The Morgan fingerprint density at radius 1 is 1.53 bits per heavy atom. The molecule has 5 nitrogen and oxygen atoms in total. The number of amides is 1. The molecule has 1 aliphatic rings. The highest BCUT2D eigenvalue weighted by molar-refractivity contribution is 5.93. The van der Waals surface area contributed by atoms with E-state index in [9.17, 15) is 9.59 Å². The maximum atomic E-state index is 11.7. The van der Waals surface area contributed by atoms with Crippen molar-refractivity contribution in [3.8, 4) is 0 Å². The highest BCUT2D eigenvalue weighted by atomic mass is 16.4. The van der Waals surface area contributed by atoms with Crippen molar-refractivity contribution >= 4 is 5.91 Å². The zero-order valence-electron chi connectivity index (χ0n) is 9.57. The fourth-order valence-electron chi connectivity index (χ4n) is 1.92. The summed E-state index contributed by atoms with van der Waals surface area (Å²) in [5.74, 6) is 0.294. The van der Waals surface area contributed by atoms with Crippen molar-refractivity contribution in [1.82, 2.24) is 10.6 Å². The third kappa shape index (κ3) is 3.42. The van der Waals surface area contributed by atoms with E-state index in [0.29, 0.717) is 18.0 Å². The Labute approximate surface area is 99.2 Å². The summed E-state index contributed by atoms with van der Waals surface area (Å²) in [5, 5.41) is 6.14. The van der Waals surface area contributed by atoms with Crippen LogP contribution in [0, 0.1) is 5.92 Å². The molecule has 0 spiro atoms. The average molecular weight is 236 g/mol. The van der Waals surface area contributed by atoms with Gasteiger partial charge in [0.25, 0.3) is 5.91 Å². The minimum atomic E-state index is -0.446. The van der Waals surface area contributed by atoms with Gasteiger partial charge in [0.15, 0.2) is 0 Å². The van der Waals surface area contributed by atoms with Crippen molar-refractivity contribution in [2.75, 3.05) is 19.6 Å². The van der Waals surface area contributed by atoms with E-state index in [1.807, 2.05) is 0 Å². The van der Waals surface area contributed by atoms with Gasteiger partial charge >= 0.3 is 5.63 Å². The third-order valence-corrected chi connectivity index (χ3v) is 2.91. The fraction of sp³-hybridized carbons (Fsp3) is 0.500. The number of nitrogens with one attached hydrogen (secondary N) is 2. The van der Waals surface area contributed by atoms with Crippen LogP contribution in [0.5, 0.6) is 0 Å². The highest BCUT2D eigenvalue weighted by Crippen LogP contribution is 2.08. The van der Waals surface area contributed by atoms with E-state index in [-0.39, 0.29) is 5.91 Å². The van der Waals surface area contributed by atoms with Crippen molar-refractivity contribution in [2.24, 2.45) is 5.92 Å². The molecule has 5 heteroatoms. The molecule has 1 aromatic heterocycles. The van der Waals surface area contributed by atoms with E-state index in [1.165, 1.54) is 18.4 Å². The second-order valence-electron chi connectivity index (χ2n) is 4.27. The van der Waals surface area contributed by atoms with Gasteiger partial charge in [-0.15, -0.1) is 0 Å². The predicted molar refractivity (Wildman–Crippen MR) is 62.9 cm³/mol. The van der Waals surface area contributed by atoms with Crippen LogP contribution in [0.25, 0.3) is 0 Å². The number of carbonyl (C=O) groups excluding carboxylic acids is 1. The number of piperidine rings is 1. The average Bonchev–Trinajstić information content (AvgIpc) is 2.38. The Bertz CT molecular complexity index is 415. The third-order valence-electron chi connectivity index (χ3n) is 2.91. The van der Waals surface area contributed by atoms with Crippen LogP contribution in [0.2, 0.25) is 0 Å². The smallest absolute Gasteiger partial charge is 0.335 e. The Kier molecular flexibility index (Phi) is 3.93. The van der Waals surface area contributed by atoms with Gasteiger partial charge < -0.3 is 15.1 Å². The first-order valence-corrected chi connectivity index (χ1v) is 5.83.